The number of hydrogen-bond acceptors (Lipinski definition) is 3. The van der Waals surface area contributed by atoms with Gasteiger partial charge in [0, 0.05) is 6.54 Å². The summed E-state index contributed by atoms with van der Waals surface area (Å²) >= 11 is 0. The fourth-order valence-corrected chi connectivity index (χ4v) is 0.947. The van der Waals surface area contributed by atoms with E-state index in [1.54, 1.807) is 0 Å². The van der Waals surface area contributed by atoms with Crippen LogP contribution in [-0.4, -0.2) is 46.7 Å². The Morgan fingerprint density at radius 3 is 1.71 bits per heavy atom. The molecule has 10 heteroatoms. The number of primary amides is 2. The second kappa shape index (κ2) is 5.37. The number of nitrogens with zero attached hydrogens (tertiary/aromatic N) is 1. The van der Waals surface area contributed by atoms with E-state index in [2.05, 4.69) is 0 Å². The monoisotopic (exact) mass is 257 g/mol. The second-order valence-corrected chi connectivity index (χ2v) is 3.04. The number of carboxylic acid groups (broad SMARTS) is 1. The Morgan fingerprint density at radius 2 is 1.65 bits per heavy atom. The van der Waals surface area contributed by atoms with Crippen molar-refractivity contribution in [2.24, 2.45) is 11.5 Å². The molecule has 7 nitrogen and oxygen atoms in total. The van der Waals surface area contributed by atoms with Crippen LogP contribution in [0.15, 0.2) is 0 Å². The van der Waals surface area contributed by atoms with Crippen molar-refractivity contribution in [1.82, 2.24) is 4.90 Å². The first kappa shape index (κ1) is 15.0. The lowest BCUT2D eigenvalue weighted by molar-refractivity contribution is -0.192. The highest BCUT2D eigenvalue weighted by Gasteiger charge is 2.38. The van der Waals surface area contributed by atoms with E-state index in [0.717, 1.165) is 0 Å². The van der Waals surface area contributed by atoms with E-state index in [1.807, 2.05) is 0 Å². The number of urea groups is 1. The molecule has 0 aliphatic carbocycles. The molecule has 0 saturated carbocycles. The molecule has 1 unspecified atom stereocenters. The fraction of sp³-hybridized carbons (Fsp3) is 0.571. The normalized spacial score (nSPS) is 18.5. The zero-order chi connectivity index (χ0) is 13.8. The van der Waals surface area contributed by atoms with Gasteiger partial charge in [-0.25, -0.2) is 9.59 Å². The smallest absolute Gasteiger partial charge is 0.475 e. The summed E-state index contributed by atoms with van der Waals surface area (Å²) in [4.78, 5) is 31.1. The van der Waals surface area contributed by atoms with Crippen LogP contribution >= 0.6 is 0 Å². The van der Waals surface area contributed by atoms with Gasteiger partial charge < -0.3 is 21.5 Å². The van der Waals surface area contributed by atoms with Crippen molar-refractivity contribution < 1.29 is 32.7 Å². The Morgan fingerprint density at radius 1 is 1.24 bits per heavy atom. The average Bonchev–Trinajstić information content (AvgIpc) is 1.97. The first-order valence-electron chi connectivity index (χ1n) is 4.23. The topological polar surface area (TPSA) is 127 Å². The maximum Gasteiger partial charge on any atom is 0.490 e. The third kappa shape index (κ3) is 4.57. The number of rotatable bonds is 1. The summed E-state index contributed by atoms with van der Waals surface area (Å²) in [6.45, 7) is 0.545. The van der Waals surface area contributed by atoms with Crippen LogP contribution in [-0.2, 0) is 9.59 Å². The number of hydrogen-bond donors (Lipinski definition) is 3. The lowest BCUT2D eigenvalue weighted by Gasteiger charge is -2.37. The summed E-state index contributed by atoms with van der Waals surface area (Å²) in [7, 11) is 0. The van der Waals surface area contributed by atoms with Gasteiger partial charge >= 0.3 is 18.2 Å². The first-order valence-corrected chi connectivity index (χ1v) is 4.23. The van der Waals surface area contributed by atoms with E-state index in [9.17, 15) is 22.8 Å². The second-order valence-electron chi connectivity index (χ2n) is 3.04. The Kier molecular flexibility index (Phi) is 4.73. The number of amides is 3. The number of nitrogens with two attached hydrogens (primary N) is 2. The summed E-state index contributed by atoms with van der Waals surface area (Å²) in [5, 5.41) is 7.12. The zero-order valence-electron chi connectivity index (χ0n) is 8.40. The SMILES string of the molecule is NC(=O)C1CCN1C(N)=O.O=C(O)C(F)(F)F. The van der Waals surface area contributed by atoms with Crippen molar-refractivity contribution in [2.45, 2.75) is 18.6 Å². The van der Waals surface area contributed by atoms with Gasteiger partial charge in [0.25, 0.3) is 0 Å². The predicted molar refractivity (Wildman–Crippen MR) is 47.6 cm³/mol. The molecule has 0 aromatic heterocycles. The number of likely N-dealkylation sites (tertiary alicyclic amines) is 1. The van der Waals surface area contributed by atoms with E-state index in [4.69, 9.17) is 21.4 Å². The highest BCUT2D eigenvalue weighted by atomic mass is 19.4. The molecule has 1 aliphatic heterocycles. The van der Waals surface area contributed by atoms with E-state index in [-0.39, 0.29) is 0 Å². The Bertz CT molecular complexity index is 311. The molecule has 0 radical (unpaired) electrons. The van der Waals surface area contributed by atoms with Crippen LogP contribution in [0.2, 0.25) is 0 Å². The molecule has 1 heterocycles. The van der Waals surface area contributed by atoms with Gasteiger partial charge in [-0.15, -0.1) is 0 Å². The number of carbonyl (C=O) groups is 3. The molecule has 0 bridgehead atoms. The average molecular weight is 257 g/mol. The first-order chi connectivity index (χ1) is 7.57. The van der Waals surface area contributed by atoms with Crippen LogP contribution in [0.25, 0.3) is 0 Å². The molecule has 1 aliphatic rings. The summed E-state index contributed by atoms with van der Waals surface area (Å²) in [6, 6.07) is -1.03. The fourth-order valence-electron chi connectivity index (χ4n) is 0.947. The molecule has 0 aromatic rings. The van der Waals surface area contributed by atoms with Crippen LogP contribution in [0.5, 0.6) is 0 Å². The van der Waals surface area contributed by atoms with Crippen LogP contribution in [0.1, 0.15) is 6.42 Å². The van der Waals surface area contributed by atoms with Gasteiger partial charge in [0.15, 0.2) is 0 Å². The molecular formula is C7H10F3N3O4. The number of halogens is 3. The molecule has 1 saturated heterocycles. The molecule has 0 spiro atoms. The van der Waals surface area contributed by atoms with Crippen LogP contribution in [0.3, 0.4) is 0 Å². The van der Waals surface area contributed by atoms with E-state index in [0.29, 0.717) is 13.0 Å². The Balaban J connectivity index is 0.000000325. The molecule has 1 fully saturated rings. The molecule has 1 rings (SSSR count). The number of carbonyl (C=O) groups excluding carboxylic acids is 2. The number of alkyl halides is 3. The highest BCUT2D eigenvalue weighted by Crippen LogP contribution is 2.15. The molecular weight excluding hydrogens is 247 g/mol. The van der Waals surface area contributed by atoms with Crippen LogP contribution in [0.4, 0.5) is 18.0 Å². The van der Waals surface area contributed by atoms with Crippen molar-refractivity contribution in [3.8, 4) is 0 Å². The third-order valence-corrected chi connectivity index (χ3v) is 1.87. The maximum absolute atomic E-state index is 10.6. The summed E-state index contributed by atoms with van der Waals surface area (Å²) in [5.41, 5.74) is 9.84. The zero-order valence-corrected chi connectivity index (χ0v) is 8.40. The van der Waals surface area contributed by atoms with E-state index < -0.39 is 30.1 Å². The maximum atomic E-state index is 10.6. The summed E-state index contributed by atoms with van der Waals surface area (Å²) in [6.07, 6.45) is -4.45. The largest absolute Gasteiger partial charge is 0.490 e. The van der Waals surface area contributed by atoms with E-state index in [1.165, 1.54) is 4.90 Å². The predicted octanol–water partition coefficient (Wildman–Crippen LogP) is -0.742. The lowest BCUT2D eigenvalue weighted by Crippen LogP contribution is -2.58. The number of carboxylic acids is 1. The standard InChI is InChI=1S/C5H9N3O2.C2HF3O2/c6-4(9)3-1-2-8(3)5(7)10;3-2(4,5)1(6)7/h3H,1-2H2,(H2,6,9)(H2,7,10);(H,6,7). The van der Waals surface area contributed by atoms with Crippen molar-refractivity contribution in [2.75, 3.05) is 6.54 Å². The van der Waals surface area contributed by atoms with Crippen molar-refractivity contribution in [3.05, 3.63) is 0 Å². The number of aliphatic carboxylic acids is 1. The summed E-state index contributed by atoms with van der Waals surface area (Å²) < 4.78 is 31.7. The van der Waals surface area contributed by atoms with Gasteiger partial charge in [0.1, 0.15) is 6.04 Å². The molecule has 5 N–H and O–H groups in total. The van der Waals surface area contributed by atoms with Crippen molar-refractivity contribution in [3.63, 3.8) is 0 Å². The van der Waals surface area contributed by atoms with Crippen LogP contribution < -0.4 is 11.5 Å². The van der Waals surface area contributed by atoms with Gasteiger partial charge in [0.2, 0.25) is 5.91 Å². The van der Waals surface area contributed by atoms with Crippen LogP contribution in [0, 0.1) is 0 Å². The molecule has 1 atom stereocenters. The molecule has 98 valence electrons. The minimum atomic E-state index is -5.08. The van der Waals surface area contributed by atoms with Gasteiger partial charge in [-0.1, -0.05) is 0 Å². The molecule has 3 amide bonds. The third-order valence-electron chi connectivity index (χ3n) is 1.87. The van der Waals surface area contributed by atoms with Crippen molar-refractivity contribution >= 4 is 17.9 Å². The molecule has 0 aromatic carbocycles. The minimum absolute atomic E-state index is 0.461. The summed E-state index contributed by atoms with van der Waals surface area (Å²) in [5.74, 6) is -3.24. The van der Waals surface area contributed by atoms with Gasteiger partial charge in [-0.05, 0) is 6.42 Å². The van der Waals surface area contributed by atoms with Gasteiger partial charge in [-0.3, -0.25) is 4.79 Å². The Labute approximate surface area is 93.1 Å². The Hall–Kier alpha value is -2.00. The van der Waals surface area contributed by atoms with Gasteiger partial charge in [0.05, 0.1) is 0 Å². The van der Waals surface area contributed by atoms with E-state index >= 15 is 0 Å². The lowest BCUT2D eigenvalue weighted by atomic mass is 10.0. The van der Waals surface area contributed by atoms with Crippen molar-refractivity contribution in [1.29, 1.82) is 0 Å². The minimum Gasteiger partial charge on any atom is -0.475 e. The quantitative estimate of drug-likeness (QED) is 0.571. The van der Waals surface area contributed by atoms with Gasteiger partial charge in [-0.2, -0.15) is 13.2 Å². The molecule has 17 heavy (non-hydrogen) atoms. The highest BCUT2D eigenvalue weighted by molar-refractivity contribution is 5.86.